The number of rotatable bonds is 5. The van der Waals surface area contributed by atoms with Crippen LogP contribution in [0.3, 0.4) is 0 Å². The number of aliphatic imine (C=N–C) groups is 1. The van der Waals surface area contributed by atoms with Crippen molar-refractivity contribution >= 4 is 35.6 Å². The summed E-state index contributed by atoms with van der Waals surface area (Å²) < 4.78 is 33.2. The van der Waals surface area contributed by atoms with Gasteiger partial charge < -0.3 is 20.3 Å². The molecule has 3 rings (SSSR count). The van der Waals surface area contributed by atoms with Gasteiger partial charge in [-0.15, -0.1) is 24.0 Å². The molecule has 152 valence electrons. The third-order valence-electron chi connectivity index (χ3n) is 4.50. The minimum atomic E-state index is -0.540. The molecule has 1 aromatic carbocycles. The predicted octanol–water partition coefficient (Wildman–Crippen LogP) is 2.93. The standard InChI is InChI=1S/C19H23F2N5O.HI/c1-22-19(24-11-13-5-4-9-23-18(13)27-2)25-14-8-10-26(12-14)17-15(20)6-3-7-16(17)21;/h3-7,9,14H,8,10-12H2,1-2H3,(H2,22,24,25);1H. The number of para-hydroxylation sites is 1. The summed E-state index contributed by atoms with van der Waals surface area (Å²) in [5.41, 5.74) is 0.939. The van der Waals surface area contributed by atoms with Gasteiger partial charge in [0.05, 0.1) is 7.11 Å². The number of aromatic nitrogens is 1. The Morgan fingerprint density at radius 3 is 2.71 bits per heavy atom. The van der Waals surface area contributed by atoms with Crippen LogP contribution in [0.15, 0.2) is 41.5 Å². The molecule has 28 heavy (non-hydrogen) atoms. The van der Waals surface area contributed by atoms with Crippen LogP contribution in [-0.2, 0) is 6.54 Å². The van der Waals surface area contributed by atoms with Gasteiger partial charge in [0.1, 0.15) is 17.3 Å². The Morgan fingerprint density at radius 2 is 2.04 bits per heavy atom. The van der Waals surface area contributed by atoms with Gasteiger partial charge in [-0.3, -0.25) is 4.99 Å². The summed E-state index contributed by atoms with van der Waals surface area (Å²) in [5, 5.41) is 6.52. The molecular weight excluding hydrogens is 479 g/mol. The Morgan fingerprint density at radius 1 is 1.29 bits per heavy atom. The Hall–Kier alpha value is -2.17. The quantitative estimate of drug-likeness (QED) is 0.374. The van der Waals surface area contributed by atoms with Crippen molar-refractivity contribution in [3.05, 3.63) is 53.7 Å². The van der Waals surface area contributed by atoms with E-state index in [9.17, 15) is 8.78 Å². The second-order valence-electron chi connectivity index (χ2n) is 6.24. The van der Waals surface area contributed by atoms with Gasteiger partial charge in [-0.2, -0.15) is 0 Å². The van der Waals surface area contributed by atoms with Crippen LogP contribution in [0.4, 0.5) is 14.5 Å². The van der Waals surface area contributed by atoms with Gasteiger partial charge in [0.15, 0.2) is 5.96 Å². The van der Waals surface area contributed by atoms with Crippen LogP contribution >= 0.6 is 24.0 Å². The predicted molar refractivity (Wildman–Crippen MR) is 117 cm³/mol. The Labute approximate surface area is 180 Å². The number of hydrogen-bond donors (Lipinski definition) is 2. The topological polar surface area (TPSA) is 61.8 Å². The number of methoxy groups -OCH3 is 1. The number of anilines is 1. The van der Waals surface area contributed by atoms with E-state index in [4.69, 9.17) is 4.74 Å². The SMILES string of the molecule is CN=C(NCc1cccnc1OC)NC1CCN(c2c(F)cccc2F)C1.I. The maximum absolute atomic E-state index is 14.0. The van der Waals surface area contributed by atoms with E-state index in [2.05, 4.69) is 20.6 Å². The first-order valence-electron chi connectivity index (χ1n) is 8.76. The number of guanidine groups is 1. The monoisotopic (exact) mass is 503 g/mol. The average Bonchev–Trinajstić information content (AvgIpc) is 3.13. The lowest BCUT2D eigenvalue weighted by Crippen LogP contribution is -2.44. The first kappa shape index (κ1) is 22.1. The van der Waals surface area contributed by atoms with Crippen LogP contribution in [0, 0.1) is 11.6 Å². The Kier molecular flexibility index (Phi) is 8.21. The molecule has 0 radical (unpaired) electrons. The molecule has 6 nitrogen and oxygen atoms in total. The van der Waals surface area contributed by atoms with Crippen LogP contribution in [-0.4, -0.2) is 44.2 Å². The summed E-state index contributed by atoms with van der Waals surface area (Å²) >= 11 is 0. The normalized spacial score (nSPS) is 16.5. The number of ether oxygens (including phenoxy) is 1. The molecule has 1 atom stereocenters. The molecule has 2 N–H and O–H groups in total. The van der Waals surface area contributed by atoms with E-state index in [1.165, 1.54) is 18.2 Å². The molecule has 0 saturated carbocycles. The summed E-state index contributed by atoms with van der Waals surface area (Å²) in [6.45, 7) is 1.56. The Balaban J connectivity index is 0.00000280. The number of nitrogens with zero attached hydrogens (tertiary/aromatic N) is 3. The maximum atomic E-state index is 14.0. The first-order valence-corrected chi connectivity index (χ1v) is 8.76. The molecule has 1 unspecified atom stereocenters. The smallest absolute Gasteiger partial charge is 0.218 e. The van der Waals surface area contributed by atoms with Gasteiger partial charge in [0, 0.05) is 44.5 Å². The summed E-state index contributed by atoms with van der Waals surface area (Å²) in [6.07, 6.45) is 2.43. The van der Waals surface area contributed by atoms with Crippen LogP contribution in [0.5, 0.6) is 5.88 Å². The third-order valence-corrected chi connectivity index (χ3v) is 4.50. The van der Waals surface area contributed by atoms with Crippen molar-refractivity contribution in [2.75, 3.05) is 32.1 Å². The fourth-order valence-corrected chi connectivity index (χ4v) is 3.18. The summed E-state index contributed by atoms with van der Waals surface area (Å²) in [7, 11) is 3.26. The van der Waals surface area contributed by atoms with Crippen molar-refractivity contribution in [2.45, 2.75) is 19.0 Å². The first-order chi connectivity index (χ1) is 13.1. The van der Waals surface area contributed by atoms with E-state index in [0.717, 1.165) is 12.0 Å². The highest BCUT2D eigenvalue weighted by Crippen LogP contribution is 2.26. The van der Waals surface area contributed by atoms with Crippen molar-refractivity contribution in [3.8, 4) is 5.88 Å². The van der Waals surface area contributed by atoms with Gasteiger partial charge in [-0.1, -0.05) is 12.1 Å². The molecule has 2 heterocycles. The van der Waals surface area contributed by atoms with Crippen LogP contribution < -0.4 is 20.3 Å². The zero-order valence-corrected chi connectivity index (χ0v) is 18.1. The fraction of sp³-hybridized carbons (Fsp3) is 0.368. The molecule has 9 heteroatoms. The second-order valence-corrected chi connectivity index (χ2v) is 6.24. The Bertz CT molecular complexity index is 800. The van der Waals surface area contributed by atoms with Crippen molar-refractivity contribution < 1.29 is 13.5 Å². The molecule has 1 aromatic heterocycles. The summed E-state index contributed by atoms with van der Waals surface area (Å²) in [6, 6.07) is 7.73. The molecular formula is C19H24F2IN5O. The minimum absolute atomic E-state index is 0. The molecule has 2 aromatic rings. The highest BCUT2D eigenvalue weighted by Gasteiger charge is 2.27. The highest BCUT2D eigenvalue weighted by atomic mass is 127. The number of pyridine rings is 1. The zero-order chi connectivity index (χ0) is 19.2. The van der Waals surface area contributed by atoms with Crippen molar-refractivity contribution in [1.82, 2.24) is 15.6 Å². The molecule has 0 spiro atoms. The number of nitrogens with one attached hydrogen (secondary N) is 2. The lowest BCUT2D eigenvalue weighted by molar-refractivity contribution is 0.392. The molecule has 1 aliphatic rings. The number of benzene rings is 1. The zero-order valence-electron chi connectivity index (χ0n) is 15.8. The van der Waals surface area contributed by atoms with Crippen LogP contribution in [0.1, 0.15) is 12.0 Å². The number of halogens is 3. The summed E-state index contributed by atoms with van der Waals surface area (Å²) in [5.74, 6) is 0.0907. The molecule has 1 saturated heterocycles. The van der Waals surface area contributed by atoms with Crippen LogP contribution in [0.2, 0.25) is 0 Å². The fourth-order valence-electron chi connectivity index (χ4n) is 3.18. The van der Waals surface area contributed by atoms with Gasteiger partial charge >= 0.3 is 0 Å². The van der Waals surface area contributed by atoms with Gasteiger partial charge in [-0.05, 0) is 24.6 Å². The molecule has 0 bridgehead atoms. The van der Waals surface area contributed by atoms with Crippen LogP contribution in [0.25, 0.3) is 0 Å². The van der Waals surface area contributed by atoms with Crippen molar-refractivity contribution in [3.63, 3.8) is 0 Å². The lowest BCUT2D eigenvalue weighted by atomic mass is 10.2. The largest absolute Gasteiger partial charge is 0.481 e. The van der Waals surface area contributed by atoms with E-state index < -0.39 is 11.6 Å². The van der Waals surface area contributed by atoms with Gasteiger partial charge in [0.25, 0.3) is 0 Å². The molecule has 1 fully saturated rings. The van der Waals surface area contributed by atoms with Gasteiger partial charge in [0.2, 0.25) is 5.88 Å². The van der Waals surface area contributed by atoms with E-state index in [0.29, 0.717) is 31.5 Å². The molecule has 1 aliphatic heterocycles. The number of hydrogen-bond acceptors (Lipinski definition) is 4. The lowest BCUT2D eigenvalue weighted by Gasteiger charge is -2.21. The summed E-state index contributed by atoms with van der Waals surface area (Å²) in [4.78, 5) is 10.1. The minimum Gasteiger partial charge on any atom is -0.481 e. The second kappa shape index (κ2) is 10.4. The maximum Gasteiger partial charge on any atom is 0.218 e. The molecule has 0 amide bonds. The molecule has 0 aliphatic carbocycles. The van der Waals surface area contributed by atoms with Crippen molar-refractivity contribution in [1.29, 1.82) is 0 Å². The van der Waals surface area contributed by atoms with E-state index >= 15 is 0 Å². The van der Waals surface area contributed by atoms with E-state index in [1.807, 2.05) is 12.1 Å². The van der Waals surface area contributed by atoms with Gasteiger partial charge in [-0.25, -0.2) is 13.8 Å². The van der Waals surface area contributed by atoms with Crippen molar-refractivity contribution in [2.24, 2.45) is 4.99 Å². The average molecular weight is 503 g/mol. The van der Waals surface area contributed by atoms with E-state index in [-0.39, 0.29) is 35.7 Å². The highest BCUT2D eigenvalue weighted by molar-refractivity contribution is 14.0. The third kappa shape index (κ3) is 5.21. The van der Waals surface area contributed by atoms with E-state index in [1.54, 1.807) is 25.3 Å².